The summed E-state index contributed by atoms with van der Waals surface area (Å²) >= 11 is 11.5. The molecule has 1 aromatic heterocycles. The van der Waals surface area contributed by atoms with E-state index in [1.54, 1.807) is 12.1 Å². The monoisotopic (exact) mass is 434 g/mol. The number of aromatic nitrogens is 2. The quantitative estimate of drug-likeness (QED) is 0.365. The van der Waals surface area contributed by atoms with Crippen LogP contribution in [-0.4, -0.2) is 21.0 Å². The van der Waals surface area contributed by atoms with Gasteiger partial charge in [0, 0.05) is 11.3 Å². The number of hydrogen-bond acceptors (Lipinski definition) is 3. The van der Waals surface area contributed by atoms with Crippen molar-refractivity contribution in [2.75, 3.05) is 5.32 Å². The number of aryl methyl sites for hydroxylation is 2. The van der Waals surface area contributed by atoms with Crippen LogP contribution in [0.4, 0.5) is 5.69 Å². The molecular weight excluding hydrogens is 416 g/mol. The fourth-order valence-electron chi connectivity index (χ4n) is 3.12. The predicted octanol–water partition coefficient (Wildman–Crippen LogP) is 5.63. The normalized spacial score (nSPS) is 10.8. The minimum absolute atomic E-state index is 0.196. The molecule has 0 fully saturated rings. The van der Waals surface area contributed by atoms with Gasteiger partial charge in [0.2, 0.25) is 0 Å². The van der Waals surface area contributed by atoms with Crippen molar-refractivity contribution in [3.8, 4) is 11.4 Å². The van der Waals surface area contributed by atoms with Crippen molar-refractivity contribution in [2.24, 2.45) is 0 Å². The predicted molar refractivity (Wildman–Crippen MR) is 126 cm³/mol. The van der Waals surface area contributed by atoms with E-state index in [1.807, 2.05) is 62.4 Å². The number of hydrogen-bond donors (Lipinski definition) is 3. The Morgan fingerprint density at radius 3 is 2.63 bits per heavy atom. The third-order valence-corrected chi connectivity index (χ3v) is 5.26. The van der Waals surface area contributed by atoms with Crippen LogP contribution in [0.5, 0.6) is 0 Å². The number of benzene rings is 3. The van der Waals surface area contributed by atoms with Gasteiger partial charge in [-0.2, -0.15) is 0 Å². The van der Waals surface area contributed by atoms with Gasteiger partial charge in [0.15, 0.2) is 5.11 Å². The molecule has 0 atom stereocenters. The number of nitrogens with zero attached hydrogens (tertiary/aromatic N) is 1. The number of carbonyl (C=O) groups is 1. The molecule has 0 saturated carbocycles. The second-order valence-corrected chi connectivity index (χ2v) is 7.84. The lowest BCUT2D eigenvalue weighted by Crippen LogP contribution is -2.34. The Labute approximate surface area is 184 Å². The van der Waals surface area contributed by atoms with Crippen molar-refractivity contribution in [2.45, 2.75) is 13.8 Å². The van der Waals surface area contributed by atoms with E-state index in [9.17, 15) is 4.79 Å². The molecule has 0 radical (unpaired) electrons. The van der Waals surface area contributed by atoms with E-state index in [0.717, 1.165) is 39.2 Å². The number of fused-ring (bicyclic) bond motifs is 1. The number of anilines is 1. The zero-order valence-corrected chi connectivity index (χ0v) is 18.0. The lowest BCUT2D eigenvalue weighted by Gasteiger charge is -2.13. The number of H-pyrrole nitrogens is 1. The molecule has 4 aromatic rings. The average molecular weight is 435 g/mol. The molecular formula is C23H19ClN4OS. The topological polar surface area (TPSA) is 69.8 Å². The third-order valence-electron chi connectivity index (χ3n) is 4.74. The highest BCUT2D eigenvalue weighted by Crippen LogP contribution is 2.25. The van der Waals surface area contributed by atoms with Crippen LogP contribution in [0.1, 0.15) is 21.5 Å². The molecule has 0 saturated heterocycles. The molecule has 0 aliphatic rings. The van der Waals surface area contributed by atoms with E-state index in [4.69, 9.17) is 23.8 Å². The summed E-state index contributed by atoms with van der Waals surface area (Å²) in [6.45, 7) is 3.88. The Morgan fingerprint density at radius 2 is 1.87 bits per heavy atom. The molecule has 3 aromatic carbocycles. The zero-order chi connectivity index (χ0) is 21.3. The minimum atomic E-state index is -0.358. The van der Waals surface area contributed by atoms with Crippen molar-refractivity contribution < 1.29 is 4.79 Å². The number of imidazole rings is 1. The van der Waals surface area contributed by atoms with Gasteiger partial charge in [0.25, 0.3) is 5.91 Å². The summed E-state index contributed by atoms with van der Waals surface area (Å²) in [7, 11) is 0. The molecule has 1 heterocycles. The summed E-state index contributed by atoms with van der Waals surface area (Å²) < 4.78 is 0. The van der Waals surface area contributed by atoms with Gasteiger partial charge in [-0.15, -0.1) is 0 Å². The molecule has 3 N–H and O–H groups in total. The van der Waals surface area contributed by atoms with Crippen molar-refractivity contribution in [3.63, 3.8) is 0 Å². The van der Waals surface area contributed by atoms with Crippen LogP contribution in [0.25, 0.3) is 22.4 Å². The van der Waals surface area contributed by atoms with Gasteiger partial charge in [-0.05, 0) is 67.5 Å². The second-order valence-electron chi connectivity index (χ2n) is 7.02. The second kappa shape index (κ2) is 8.26. The van der Waals surface area contributed by atoms with E-state index in [0.29, 0.717) is 10.6 Å². The summed E-state index contributed by atoms with van der Waals surface area (Å²) in [5, 5.41) is 6.37. The fourth-order valence-corrected chi connectivity index (χ4v) is 3.65. The lowest BCUT2D eigenvalue weighted by atomic mass is 10.1. The Bertz CT molecular complexity index is 1250. The number of halogens is 1. The first-order valence-electron chi connectivity index (χ1n) is 9.35. The molecule has 5 nitrogen and oxygen atoms in total. The standard InChI is InChI=1S/C23H19ClN4OS/c1-13-7-10-16(17(24)11-13)22(29)28-23(30)27-20-12-15(9-8-14(20)2)21-25-18-5-3-4-6-19(18)26-21/h3-12H,1-2H3,(H,25,26)(H2,27,28,29,30). The van der Waals surface area contributed by atoms with Crippen molar-refractivity contribution in [1.82, 2.24) is 15.3 Å². The highest BCUT2D eigenvalue weighted by Gasteiger charge is 2.13. The minimum Gasteiger partial charge on any atom is -0.338 e. The molecule has 0 bridgehead atoms. The van der Waals surface area contributed by atoms with Crippen LogP contribution in [0.15, 0.2) is 60.7 Å². The zero-order valence-electron chi connectivity index (χ0n) is 16.4. The summed E-state index contributed by atoms with van der Waals surface area (Å²) in [5.41, 5.74) is 5.92. The molecule has 0 aliphatic heterocycles. The number of rotatable bonds is 3. The van der Waals surface area contributed by atoms with E-state index in [1.165, 1.54) is 0 Å². The van der Waals surface area contributed by atoms with E-state index in [-0.39, 0.29) is 11.0 Å². The third kappa shape index (κ3) is 4.20. The Morgan fingerprint density at radius 1 is 1.07 bits per heavy atom. The highest BCUT2D eigenvalue weighted by atomic mass is 35.5. The van der Waals surface area contributed by atoms with Crippen LogP contribution >= 0.6 is 23.8 Å². The number of para-hydroxylation sites is 2. The largest absolute Gasteiger partial charge is 0.338 e. The molecule has 0 spiro atoms. The van der Waals surface area contributed by atoms with E-state index in [2.05, 4.69) is 20.6 Å². The summed E-state index contributed by atoms with van der Waals surface area (Å²) in [5.74, 6) is 0.407. The van der Waals surface area contributed by atoms with Crippen molar-refractivity contribution in [1.29, 1.82) is 0 Å². The van der Waals surface area contributed by atoms with E-state index < -0.39 is 0 Å². The molecule has 7 heteroatoms. The fraction of sp³-hybridized carbons (Fsp3) is 0.0870. The highest BCUT2D eigenvalue weighted by molar-refractivity contribution is 7.80. The molecule has 30 heavy (non-hydrogen) atoms. The van der Waals surface area contributed by atoms with Gasteiger partial charge in [-0.3, -0.25) is 10.1 Å². The van der Waals surface area contributed by atoms with Gasteiger partial charge in [-0.1, -0.05) is 41.9 Å². The Kier molecular flexibility index (Phi) is 5.53. The maximum Gasteiger partial charge on any atom is 0.258 e. The maximum atomic E-state index is 12.5. The van der Waals surface area contributed by atoms with Gasteiger partial charge < -0.3 is 10.3 Å². The Hall–Kier alpha value is -3.22. The van der Waals surface area contributed by atoms with Crippen LogP contribution in [0, 0.1) is 13.8 Å². The SMILES string of the molecule is Cc1ccc(C(=O)NC(=S)Nc2cc(-c3nc4ccccc4[nH]3)ccc2C)c(Cl)c1. The first-order chi connectivity index (χ1) is 14.4. The van der Waals surface area contributed by atoms with E-state index >= 15 is 0 Å². The number of aromatic amines is 1. The van der Waals surface area contributed by atoms with Crippen LogP contribution < -0.4 is 10.6 Å². The van der Waals surface area contributed by atoms with Gasteiger partial charge in [-0.25, -0.2) is 4.98 Å². The van der Waals surface area contributed by atoms with Gasteiger partial charge in [0.05, 0.1) is 21.6 Å². The summed E-state index contributed by atoms with van der Waals surface area (Å²) in [6.07, 6.45) is 0. The number of thiocarbonyl (C=S) groups is 1. The molecule has 150 valence electrons. The smallest absolute Gasteiger partial charge is 0.258 e. The first kappa shape index (κ1) is 20.1. The van der Waals surface area contributed by atoms with Crippen LogP contribution in [-0.2, 0) is 0 Å². The molecule has 4 rings (SSSR count). The Balaban J connectivity index is 1.53. The van der Waals surface area contributed by atoms with Crippen molar-refractivity contribution in [3.05, 3.63) is 82.4 Å². The summed E-state index contributed by atoms with van der Waals surface area (Å²) in [6, 6.07) is 19.0. The first-order valence-corrected chi connectivity index (χ1v) is 10.1. The maximum absolute atomic E-state index is 12.5. The molecule has 0 unspecified atom stereocenters. The molecule has 1 amide bonds. The van der Waals surface area contributed by atoms with Crippen molar-refractivity contribution >= 4 is 51.6 Å². The van der Waals surface area contributed by atoms with Gasteiger partial charge >= 0.3 is 0 Å². The van der Waals surface area contributed by atoms with Crippen LogP contribution in [0.2, 0.25) is 5.02 Å². The number of nitrogens with one attached hydrogen (secondary N) is 3. The van der Waals surface area contributed by atoms with Crippen LogP contribution in [0.3, 0.4) is 0 Å². The number of amides is 1. The molecule has 0 aliphatic carbocycles. The summed E-state index contributed by atoms with van der Waals surface area (Å²) in [4.78, 5) is 20.5. The van der Waals surface area contributed by atoms with Gasteiger partial charge in [0.1, 0.15) is 5.82 Å². The average Bonchev–Trinajstić information content (AvgIpc) is 3.13. The number of carbonyl (C=O) groups excluding carboxylic acids is 1. The lowest BCUT2D eigenvalue weighted by molar-refractivity contribution is 0.0978.